The molecular weight excluding hydrogens is 350 g/mol. The van der Waals surface area contributed by atoms with E-state index in [9.17, 15) is 9.59 Å². The van der Waals surface area contributed by atoms with Gasteiger partial charge >= 0.3 is 0 Å². The van der Waals surface area contributed by atoms with Crippen molar-refractivity contribution in [2.45, 2.75) is 32.1 Å². The molecule has 0 aromatic carbocycles. The third kappa shape index (κ3) is 3.55. The van der Waals surface area contributed by atoms with Gasteiger partial charge in [-0.25, -0.2) is 9.97 Å². The Bertz CT molecular complexity index is 815. The molecule has 0 saturated carbocycles. The monoisotopic (exact) mass is 371 g/mol. The third-order valence-electron chi connectivity index (χ3n) is 4.65. The summed E-state index contributed by atoms with van der Waals surface area (Å²) in [7, 11) is 0. The summed E-state index contributed by atoms with van der Waals surface area (Å²) in [5, 5.41) is 5.51. The van der Waals surface area contributed by atoms with Gasteiger partial charge in [0.25, 0.3) is 0 Å². The normalized spacial score (nSPS) is 17.2. The van der Waals surface area contributed by atoms with Gasteiger partial charge in [0, 0.05) is 37.6 Å². The third-order valence-corrected chi connectivity index (χ3v) is 5.56. The molecule has 0 unspecified atom stereocenters. The van der Waals surface area contributed by atoms with E-state index >= 15 is 0 Å². The maximum absolute atomic E-state index is 12.5. The number of pyridine rings is 1. The average Bonchev–Trinajstić information content (AvgIpc) is 3.37. The second-order valence-electron chi connectivity index (χ2n) is 6.56. The number of hydrogen-bond donors (Lipinski definition) is 1. The second kappa shape index (κ2) is 7.41. The molecule has 4 heterocycles. The number of anilines is 3. The molecule has 0 aliphatic carbocycles. The molecule has 2 amide bonds. The number of hydrogen-bond acceptors (Lipinski definition) is 6. The minimum atomic E-state index is -0.122. The summed E-state index contributed by atoms with van der Waals surface area (Å²) in [5.74, 6) is 0.823. The molecule has 2 saturated heterocycles. The fraction of sp³-hybridized carbons (Fsp3) is 0.444. The van der Waals surface area contributed by atoms with Crippen LogP contribution in [-0.4, -0.2) is 41.4 Å². The molecule has 2 aromatic heterocycles. The zero-order valence-corrected chi connectivity index (χ0v) is 15.3. The summed E-state index contributed by atoms with van der Waals surface area (Å²) in [4.78, 5) is 37.1. The molecule has 7 nitrogen and oxygen atoms in total. The van der Waals surface area contributed by atoms with E-state index in [2.05, 4.69) is 20.2 Å². The fourth-order valence-corrected chi connectivity index (χ4v) is 4.25. The van der Waals surface area contributed by atoms with Crippen molar-refractivity contribution in [3.8, 4) is 0 Å². The van der Waals surface area contributed by atoms with E-state index in [1.807, 2.05) is 17.5 Å². The first-order valence-electron chi connectivity index (χ1n) is 8.95. The zero-order valence-electron chi connectivity index (χ0n) is 14.5. The molecule has 2 aliphatic heterocycles. The van der Waals surface area contributed by atoms with Crippen molar-refractivity contribution in [3.05, 3.63) is 29.4 Å². The summed E-state index contributed by atoms with van der Waals surface area (Å²) in [6.45, 7) is 2.66. The topological polar surface area (TPSA) is 78.4 Å². The molecule has 2 aliphatic rings. The number of nitrogens with one attached hydrogen (secondary N) is 1. The quantitative estimate of drug-likeness (QED) is 0.873. The van der Waals surface area contributed by atoms with Crippen LogP contribution in [0.3, 0.4) is 0 Å². The van der Waals surface area contributed by atoms with Crippen molar-refractivity contribution in [3.63, 3.8) is 0 Å². The number of nitrogens with zero attached hydrogens (tertiary/aromatic N) is 4. The summed E-state index contributed by atoms with van der Waals surface area (Å²) in [6, 6.07) is 3.71. The van der Waals surface area contributed by atoms with Crippen LogP contribution in [0, 0.1) is 0 Å². The van der Waals surface area contributed by atoms with E-state index in [4.69, 9.17) is 0 Å². The minimum Gasteiger partial charge on any atom is -0.355 e. The Morgan fingerprint density at radius 3 is 2.85 bits per heavy atom. The van der Waals surface area contributed by atoms with E-state index in [0.717, 1.165) is 43.9 Å². The van der Waals surface area contributed by atoms with Gasteiger partial charge < -0.3 is 10.2 Å². The minimum absolute atomic E-state index is 0.112. The van der Waals surface area contributed by atoms with Crippen LogP contribution in [0.1, 0.15) is 31.4 Å². The first-order valence-corrected chi connectivity index (χ1v) is 9.83. The van der Waals surface area contributed by atoms with Gasteiger partial charge in [-0.1, -0.05) is 0 Å². The predicted molar refractivity (Wildman–Crippen MR) is 102 cm³/mol. The van der Waals surface area contributed by atoms with Gasteiger partial charge in [0.2, 0.25) is 11.8 Å². The first kappa shape index (κ1) is 17.0. The molecule has 0 radical (unpaired) electrons. The van der Waals surface area contributed by atoms with Gasteiger partial charge in [0.05, 0.1) is 17.8 Å². The molecule has 1 N–H and O–H groups in total. The van der Waals surface area contributed by atoms with E-state index in [1.165, 1.54) is 11.3 Å². The van der Waals surface area contributed by atoms with E-state index in [-0.39, 0.29) is 18.2 Å². The number of aromatic nitrogens is 2. The van der Waals surface area contributed by atoms with Crippen molar-refractivity contribution < 1.29 is 9.59 Å². The molecule has 8 heteroatoms. The Hall–Kier alpha value is -2.48. The summed E-state index contributed by atoms with van der Waals surface area (Å²) >= 11 is 1.42. The van der Waals surface area contributed by atoms with E-state index < -0.39 is 0 Å². The highest BCUT2D eigenvalue weighted by molar-refractivity contribution is 7.14. The van der Waals surface area contributed by atoms with Gasteiger partial charge in [-0.2, -0.15) is 0 Å². The number of carbonyl (C=O) groups excluding carboxylic acids is 2. The highest BCUT2D eigenvalue weighted by atomic mass is 32.1. The Morgan fingerprint density at radius 1 is 1.23 bits per heavy atom. The molecule has 2 fully saturated rings. The SMILES string of the molecule is O=C(Cc1csc(N2CCCC2=O)n1)Nc1cccnc1N1CCCC1. The van der Waals surface area contributed by atoms with Crippen LogP contribution in [0.2, 0.25) is 0 Å². The standard InChI is InChI=1S/C18H21N5O2S/c24-15(11-13-12-26-18(20-13)23-10-4-6-16(23)25)21-14-5-3-7-19-17(14)22-8-1-2-9-22/h3,5,7,12H,1-2,4,6,8-11H2,(H,21,24). The number of carbonyl (C=O) groups is 2. The Morgan fingerprint density at radius 2 is 2.08 bits per heavy atom. The lowest BCUT2D eigenvalue weighted by atomic mass is 10.3. The molecule has 4 rings (SSSR count). The van der Waals surface area contributed by atoms with Crippen molar-refractivity contribution in [2.75, 3.05) is 34.8 Å². The summed E-state index contributed by atoms with van der Waals surface area (Å²) in [5.41, 5.74) is 1.43. The van der Waals surface area contributed by atoms with Crippen molar-refractivity contribution >= 4 is 39.8 Å². The van der Waals surface area contributed by atoms with Crippen molar-refractivity contribution in [1.29, 1.82) is 0 Å². The van der Waals surface area contributed by atoms with Crippen LogP contribution in [-0.2, 0) is 16.0 Å². The van der Waals surface area contributed by atoms with Gasteiger partial charge in [0.1, 0.15) is 0 Å². The van der Waals surface area contributed by atoms with Gasteiger partial charge in [-0.15, -0.1) is 11.3 Å². The zero-order chi connectivity index (χ0) is 17.9. The second-order valence-corrected chi connectivity index (χ2v) is 7.40. The van der Waals surface area contributed by atoms with Crippen LogP contribution in [0.4, 0.5) is 16.6 Å². The van der Waals surface area contributed by atoms with Crippen LogP contribution in [0.5, 0.6) is 0 Å². The molecular formula is C18H21N5O2S. The van der Waals surface area contributed by atoms with Crippen LogP contribution >= 0.6 is 11.3 Å². The van der Waals surface area contributed by atoms with Crippen LogP contribution < -0.4 is 15.1 Å². The maximum Gasteiger partial charge on any atom is 0.230 e. The Kier molecular flexibility index (Phi) is 4.83. The smallest absolute Gasteiger partial charge is 0.230 e. The summed E-state index contributed by atoms with van der Waals surface area (Å²) in [6.07, 6.45) is 5.70. The molecule has 0 bridgehead atoms. The van der Waals surface area contributed by atoms with Gasteiger partial charge in [-0.05, 0) is 31.4 Å². The highest BCUT2D eigenvalue weighted by Gasteiger charge is 2.24. The van der Waals surface area contributed by atoms with E-state index in [1.54, 1.807) is 11.1 Å². The van der Waals surface area contributed by atoms with Gasteiger partial charge in [-0.3, -0.25) is 14.5 Å². The van der Waals surface area contributed by atoms with Crippen LogP contribution in [0.15, 0.2) is 23.7 Å². The Labute approximate surface area is 156 Å². The predicted octanol–water partition coefficient (Wildman–Crippen LogP) is 2.45. The molecule has 136 valence electrons. The fourth-order valence-electron chi connectivity index (χ4n) is 3.39. The lowest BCUT2D eigenvalue weighted by Crippen LogP contribution is -2.24. The average molecular weight is 371 g/mol. The summed E-state index contributed by atoms with van der Waals surface area (Å²) < 4.78 is 0. The molecule has 0 spiro atoms. The molecule has 0 atom stereocenters. The van der Waals surface area contributed by atoms with Gasteiger partial charge in [0.15, 0.2) is 10.9 Å². The van der Waals surface area contributed by atoms with Crippen molar-refractivity contribution in [1.82, 2.24) is 9.97 Å². The highest BCUT2D eigenvalue weighted by Crippen LogP contribution is 2.27. The number of rotatable bonds is 5. The molecule has 26 heavy (non-hydrogen) atoms. The Balaban J connectivity index is 1.42. The first-order chi connectivity index (χ1) is 12.7. The number of thiazole rings is 1. The maximum atomic E-state index is 12.5. The van der Waals surface area contributed by atoms with Crippen LogP contribution in [0.25, 0.3) is 0 Å². The molecule has 2 aromatic rings. The van der Waals surface area contributed by atoms with E-state index in [0.29, 0.717) is 23.8 Å². The lowest BCUT2D eigenvalue weighted by Gasteiger charge is -2.19. The largest absolute Gasteiger partial charge is 0.355 e. The lowest BCUT2D eigenvalue weighted by molar-refractivity contribution is -0.117. The number of amides is 2. The van der Waals surface area contributed by atoms with Crippen molar-refractivity contribution in [2.24, 2.45) is 0 Å².